The van der Waals surface area contributed by atoms with Crippen molar-refractivity contribution in [3.05, 3.63) is 0 Å². The van der Waals surface area contributed by atoms with Crippen LogP contribution in [0.2, 0.25) is 0 Å². The molecule has 0 N–H and O–H groups in total. The molecular weight excluding hydrogens is 300 g/mol. The van der Waals surface area contributed by atoms with Crippen molar-refractivity contribution < 1.29 is 0 Å². The van der Waals surface area contributed by atoms with E-state index in [0.717, 1.165) is 34.0 Å². The van der Waals surface area contributed by atoms with Crippen molar-refractivity contribution in [2.45, 2.75) is 127 Å². The van der Waals surface area contributed by atoms with Gasteiger partial charge in [0.05, 0.1) is 0 Å². The van der Waals surface area contributed by atoms with Crippen LogP contribution in [0.15, 0.2) is 0 Å². The Morgan fingerprint density at radius 1 is 0.640 bits per heavy atom. The van der Waals surface area contributed by atoms with Gasteiger partial charge < -0.3 is 0 Å². The van der Waals surface area contributed by atoms with Gasteiger partial charge in [-0.3, -0.25) is 0 Å². The van der Waals surface area contributed by atoms with Crippen molar-refractivity contribution >= 4 is 0 Å². The van der Waals surface area contributed by atoms with Gasteiger partial charge in [-0.2, -0.15) is 0 Å². The van der Waals surface area contributed by atoms with Gasteiger partial charge in [0.15, 0.2) is 0 Å². The van der Waals surface area contributed by atoms with Crippen molar-refractivity contribution in [3.8, 4) is 0 Å². The van der Waals surface area contributed by atoms with Gasteiger partial charge in [-0.1, -0.05) is 75.2 Å². The maximum absolute atomic E-state index is 2.40. The molecule has 0 atom stereocenters. The monoisotopic (exact) mass is 350 g/mol. The zero-order valence-electron chi connectivity index (χ0n) is 19.3. The highest BCUT2D eigenvalue weighted by Crippen LogP contribution is 2.54. The van der Waals surface area contributed by atoms with E-state index >= 15 is 0 Å². The van der Waals surface area contributed by atoms with Gasteiger partial charge in [0.1, 0.15) is 0 Å². The fourth-order valence-electron chi connectivity index (χ4n) is 4.65. The van der Waals surface area contributed by atoms with Gasteiger partial charge in [-0.15, -0.1) is 0 Å². The average molecular weight is 351 g/mol. The first-order valence-corrected chi connectivity index (χ1v) is 11.5. The lowest BCUT2D eigenvalue weighted by Gasteiger charge is -2.15. The van der Waals surface area contributed by atoms with Gasteiger partial charge in [0, 0.05) is 0 Å². The van der Waals surface area contributed by atoms with Gasteiger partial charge >= 0.3 is 0 Å². The van der Waals surface area contributed by atoms with Crippen molar-refractivity contribution in [2.75, 3.05) is 0 Å². The number of rotatable bonds is 7. The van der Waals surface area contributed by atoms with E-state index in [1.807, 2.05) is 0 Å². The van der Waals surface area contributed by atoms with Crippen LogP contribution in [0.1, 0.15) is 127 Å². The molecule has 0 heteroatoms. The van der Waals surface area contributed by atoms with Crippen LogP contribution in [0.25, 0.3) is 0 Å². The van der Waals surface area contributed by atoms with Crippen molar-refractivity contribution in [2.24, 2.45) is 34.0 Å². The van der Waals surface area contributed by atoms with E-state index < -0.39 is 0 Å². The molecule has 0 radical (unpaired) electrons. The molecule has 0 amide bonds. The van der Waals surface area contributed by atoms with Crippen LogP contribution in [0.4, 0.5) is 0 Å². The highest BCUT2D eigenvalue weighted by atomic mass is 14.5. The molecule has 150 valence electrons. The Bertz CT molecular complexity index is 361. The zero-order valence-corrected chi connectivity index (χ0v) is 19.3. The van der Waals surface area contributed by atoms with Crippen LogP contribution < -0.4 is 0 Å². The molecule has 0 spiro atoms. The van der Waals surface area contributed by atoms with E-state index in [1.54, 1.807) is 0 Å². The summed E-state index contributed by atoms with van der Waals surface area (Å²) in [5.41, 5.74) is 2.38. The predicted molar refractivity (Wildman–Crippen MR) is 115 cm³/mol. The van der Waals surface area contributed by atoms with Crippen molar-refractivity contribution in [1.29, 1.82) is 0 Å². The summed E-state index contributed by atoms with van der Waals surface area (Å²) in [6.45, 7) is 21.0. The third-order valence-corrected chi connectivity index (χ3v) is 7.37. The molecular formula is C25H50. The number of hydrogen-bond acceptors (Lipinski definition) is 0. The maximum atomic E-state index is 2.40. The Hall–Kier alpha value is 0. The molecule has 25 heavy (non-hydrogen) atoms. The number of hydrogen-bond donors (Lipinski definition) is 0. The van der Waals surface area contributed by atoms with Gasteiger partial charge in [-0.25, -0.2) is 0 Å². The molecule has 0 aromatic carbocycles. The molecule has 0 aliphatic heterocycles. The summed E-state index contributed by atoms with van der Waals surface area (Å²) in [4.78, 5) is 0. The molecule has 0 saturated heterocycles. The minimum atomic E-state index is 0.772. The van der Waals surface area contributed by atoms with Crippen LogP contribution >= 0.6 is 0 Å². The fourth-order valence-corrected chi connectivity index (χ4v) is 4.65. The summed E-state index contributed by atoms with van der Waals surface area (Å²) in [7, 11) is 0. The van der Waals surface area contributed by atoms with Crippen LogP contribution in [-0.2, 0) is 0 Å². The highest BCUT2D eigenvalue weighted by Gasteiger charge is 2.43. The van der Waals surface area contributed by atoms with E-state index in [1.165, 1.54) is 64.2 Å². The molecule has 3 rings (SSSR count). The minimum absolute atomic E-state index is 0.772. The highest BCUT2D eigenvalue weighted by molar-refractivity contribution is 4.94. The fraction of sp³-hybridized carbons (Fsp3) is 1.00. The summed E-state index contributed by atoms with van der Waals surface area (Å²) >= 11 is 0. The second kappa shape index (κ2) is 9.27. The smallest absolute Gasteiger partial charge is 0.0277 e. The lowest BCUT2D eigenvalue weighted by molar-refractivity contribution is 0.347. The second-order valence-corrected chi connectivity index (χ2v) is 11.2. The third-order valence-electron chi connectivity index (χ3n) is 7.37. The van der Waals surface area contributed by atoms with Crippen molar-refractivity contribution in [1.82, 2.24) is 0 Å². The normalized spacial score (nSPS) is 23.5. The summed E-state index contributed by atoms with van der Waals surface area (Å²) in [5, 5.41) is 0. The summed E-state index contributed by atoms with van der Waals surface area (Å²) in [6.07, 6.45) is 14.6. The van der Waals surface area contributed by atoms with Crippen molar-refractivity contribution in [3.63, 3.8) is 0 Å². The molecule has 3 aliphatic rings. The molecule has 0 bridgehead atoms. The van der Waals surface area contributed by atoms with Crippen LogP contribution in [0, 0.1) is 34.0 Å². The Labute approximate surface area is 160 Å². The standard InChI is InChI=1S/C9H18.2C8H16/c1-4-9(5-6-9)7-8(2)3;1-7(2)6-8(3)4-5-8;1-4-8(5-6-8)7(2)3/h8H,4-7H2,1-3H3;2*7H,4-6H2,1-3H3. The molecule has 3 fully saturated rings. The lowest BCUT2D eigenvalue weighted by Crippen LogP contribution is -2.06. The Morgan fingerprint density at radius 2 is 1.12 bits per heavy atom. The molecule has 0 unspecified atom stereocenters. The second-order valence-electron chi connectivity index (χ2n) is 11.2. The molecule has 0 aromatic heterocycles. The molecule has 3 saturated carbocycles. The van der Waals surface area contributed by atoms with E-state index in [0.29, 0.717) is 0 Å². The molecule has 0 aromatic rings. The first-order valence-electron chi connectivity index (χ1n) is 11.5. The first kappa shape index (κ1) is 23.0. The zero-order chi connectivity index (χ0) is 19.3. The van der Waals surface area contributed by atoms with E-state index in [4.69, 9.17) is 0 Å². The third kappa shape index (κ3) is 8.49. The van der Waals surface area contributed by atoms with Crippen LogP contribution in [-0.4, -0.2) is 0 Å². The van der Waals surface area contributed by atoms with E-state index in [9.17, 15) is 0 Å². The minimum Gasteiger partial charge on any atom is -0.0649 e. The van der Waals surface area contributed by atoms with Gasteiger partial charge in [-0.05, 0) is 85.4 Å². The topological polar surface area (TPSA) is 0 Å². The molecule has 3 aliphatic carbocycles. The summed E-state index contributed by atoms with van der Waals surface area (Å²) < 4.78 is 0. The van der Waals surface area contributed by atoms with E-state index in [-0.39, 0.29) is 0 Å². The Kier molecular flexibility index (Phi) is 8.55. The predicted octanol–water partition coefficient (Wildman–Crippen LogP) is 8.89. The largest absolute Gasteiger partial charge is 0.0649 e. The SMILES string of the molecule is CC(C)CC1(C)CC1.CCC1(C(C)C)CC1.CCC1(CC(C)C)CC1. The maximum Gasteiger partial charge on any atom is -0.0277 e. The average Bonchev–Trinajstić information content (AvgIpc) is 3.37. The lowest BCUT2D eigenvalue weighted by atomic mass is 9.90. The summed E-state index contributed by atoms with van der Waals surface area (Å²) in [5.74, 6) is 2.74. The first-order chi connectivity index (χ1) is 11.5. The van der Waals surface area contributed by atoms with Gasteiger partial charge in [0.2, 0.25) is 0 Å². The molecule has 0 nitrogen and oxygen atoms in total. The van der Waals surface area contributed by atoms with Gasteiger partial charge in [0.25, 0.3) is 0 Å². The quantitative estimate of drug-likeness (QED) is 0.430. The van der Waals surface area contributed by atoms with E-state index in [2.05, 4.69) is 62.3 Å². The summed E-state index contributed by atoms with van der Waals surface area (Å²) in [6, 6.07) is 0. The van der Waals surface area contributed by atoms with Crippen LogP contribution in [0.5, 0.6) is 0 Å². The van der Waals surface area contributed by atoms with Crippen LogP contribution in [0.3, 0.4) is 0 Å². The Morgan fingerprint density at radius 3 is 1.20 bits per heavy atom. The Balaban J connectivity index is 0.000000188. The molecule has 0 heterocycles.